The number of benzene rings is 11. The van der Waals surface area contributed by atoms with E-state index in [-0.39, 0.29) is 0 Å². The molecule has 0 saturated heterocycles. The van der Waals surface area contributed by atoms with Gasteiger partial charge >= 0.3 is 0 Å². The van der Waals surface area contributed by atoms with Gasteiger partial charge < -0.3 is 17.7 Å². The highest BCUT2D eigenvalue weighted by Crippen LogP contribution is 2.51. The number of hydrogen-bond donors (Lipinski definition) is 0. The molecule has 11 aromatic carbocycles. The zero-order valence-corrected chi connectivity index (χ0v) is 35.3. The molecule has 4 heterocycles. The first-order chi connectivity index (χ1) is 32.7. The number of hydrogen-bond acceptors (Lipinski definition) is 4. The Morgan fingerprint density at radius 1 is 0.212 bits per heavy atom. The standard InChI is InChI=1S/C62H34O4/c1-3-17-44-42(15-1)57(48-30-28-37(59-46-19-7-11-23-53(46)65-61(48)59)35-26-32-55-50(33-35)40-14-6-10-22-52(40)63-55)43-16-2-4-18-45(43)58(44)49-31-29-38(60-47-20-8-12-24-54(47)66-62(49)60)36-25-27-41-39-13-5-9-21-51(39)64-56(41)34-36/h1-34H. The maximum Gasteiger partial charge on any atom is 0.143 e. The molecule has 4 aromatic heterocycles. The molecule has 0 atom stereocenters. The average molecular weight is 843 g/mol. The second-order valence-corrected chi connectivity index (χ2v) is 17.4. The molecule has 0 radical (unpaired) electrons. The first-order valence-corrected chi connectivity index (χ1v) is 22.4. The van der Waals surface area contributed by atoms with Crippen LogP contribution in [0.25, 0.3) is 154 Å². The van der Waals surface area contributed by atoms with Gasteiger partial charge in [0, 0.05) is 65.3 Å². The SMILES string of the molecule is c1ccc2c(c1)oc1cc(-c3ccc(-c4c5ccccc5c(-c5ccc(-c6ccc7oc8ccccc8c7c6)c6c5oc5ccccc56)c5ccccc45)c4oc5ccccc5c34)ccc12. The summed E-state index contributed by atoms with van der Waals surface area (Å²) in [5.74, 6) is 0. The van der Waals surface area contributed by atoms with Crippen molar-refractivity contribution >= 4 is 109 Å². The first kappa shape index (κ1) is 35.6. The summed E-state index contributed by atoms with van der Waals surface area (Å²) in [5, 5.41) is 13.3. The summed E-state index contributed by atoms with van der Waals surface area (Å²) in [6, 6.07) is 73.0. The molecule has 0 spiro atoms. The Morgan fingerprint density at radius 2 is 0.561 bits per heavy atom. The van der Waals surface area contributed by atoms with Crippen molar-refractivity contribution < 1.29 is 17.7 Å². The third-order valence-corrected chi connectivity index (χ3v) is 13.9. The lowest BCUT2D eigenvalue weighted by atomic mass is 9.84. The lowest BCUT2D eigenvalue weighted by Crippen LogP contribution is -1.92. The van der Waals surface area contributed by atoms with Gasteiger partial charge in [0.15, 0.2) is 0 Å². The first-order valence-electron chi connectivity index (χ1n) is 22.4. The molecule has 15 rings (SSSR count). The van der Waals surface area contributed by atoms with Crippen molar-refractivity contribution in [3.8, 4) is 44.5 Å². The predicted molar refractivity (Wildman–Crippen MR) is 272 cm³/mol. The molecule has 0 saturated carbocycles. The highest BCUT2D eigenvalue weighted by molar-refractivity contribution is 6.28. The van der Waals surface area contributed by atoms with Crippen LogP contribution in [0.2, 0.25) is 0 Å². The summed E-state index contributed by atoms with van der Waals surface area (Å²) in [5.41, 5.74) is 15.7. The molecule has 0 aliphatic heterocycles. The van der Waals surface area contributed by atoms with Crippen LogP contribution in [0.1, 0.15) is 0 Å². The van der Waals surface area contributed by atoms with E-state index in [0.29, 0.717) is 0 Å². The van der Waals surface area contributed by atoms with Crippen molar-refractivity contribution in [2.45, 2.75) is 0 Å². The Hall–Kier alpha value is -8.86. The smallest absolute Gasteiger partial charge is 0.143 e. The molecule has 0 fully saturated rings. The van der Waals surface area contributed by atoms with Crippen LogP contribution in [-0.2, 0) is 0 Å². The molecule has 4 nitrogen and oxygen atoms in total. The Kier molecular flexibility index (Phi) is 7.19. The fourth-order valence-corrected chi connectivity index (χ4v) is 11.0. The highest BCUT2D eigenvalue weighted by atomic mass is 16.3. The van der Waals surface area contributed by atoms with Gasteiger partial charge in [-0.1, -0.05) is 146 Å². The maximum atomic E-state index is 7.01. The third kappa shape index (κ3) is 4.93. The van der Waals surface area contributed by atoms with Crippen molar-refractivity contribution in [2.75, 3.05) is 0 Å². The molecular weight excluding hydrogens is 809 g/mol. The van der Waals surface area contributed by atoms with E-state index in [4.69, 9.17) is 17.7 Å². The van der Waals surface area contributed by atoms with E-state index in [9.17, 15) is 0 Å². The summed E-state index contributed by atoms with van der Waals surface area (Å²) in [7, 11) is 0. The molecule has 0 N–H and O–H groups in total. The average Bonchev–Trinajstić information content (AvgIpc) is 4.15. The van der Waals surface area contributed by atoms with Gasteiger partial charge in [0.2, 0.25) is 0 Å². The van der Waals surface area contributed by atoms with Gasteiger partial charge in [-0.15, -0.1) is 0 Å². The van der Waals surface area contributed by atoms with Crippen molar-refractivity contribution in [3.05, 3.63) is 206 Å². The molecule has 15 aromatic rings. The van der Waals surface area contributed by atoms with E-state index < -0.39 is 0 Å². The van der Waals surface area contributed by atoms with Gasteiger partial charge in [-0.05, 0) is 104 Å². The van der Waals surface area contributed by atoms with Crippen LogP contribution in [0, 0.1) is 0 Å². The van der Waals surface area contributed by atoms with Crippen LogP contribution in [0.3, 0.4) is 0 Å². The lowest BCUT2D eigenvalue weighted by molar-refractivity contribution is 0.668. The van der Waals surface area contributed by atoms with Crippen LogP contribution in [-0.4, -0.2) is 0 Å². The van der Waals surface area contributed by atoms with E-state index in [0.717, 1.165) is 154 Å². The van der Waals surface area contributed by atoms with E-state index in [1.807, 2.05) is 30.3 Å². The monoisotopic (exact) mass is 842 g/mol. The minimum Gasteiger partial charge on any atom is -0.456 e. The van der Waals surface area contributed by atoms with Gasteiger partial charge in [0.1, 0.15) is 44.7 Å². The zero-order chi connectivity index (χ0) is 43.0. The normalized spacial score (nSPS) is 12.2. The third-order valence-electron chi connectivity index (χ3n) is 13.9. The topological polar surface area (TPSA) is 52.6 Å². The zero-order valence-electron chi connectivity index (χ0n) is 35.3. The molecule has 306 valence electrons. The summed E-state index contributed by atoms with van der Waals surface area (Å²) < 4.78 is 26.6. The number of rotatable bonds is 4. The Labute approximate surface area is 376 Å². The largest absolute Gasteiger partial charge is 0.456 e. The molecule has 0 aliphatic rings. The summed E-state index contributed by atoms with van der Waals surface area (Å²) in [6.45, 7) is 0. The van der Waals surface area contributed by atoms with Gasteiger partial charge in [-0.25, -0.2) is 0 Å². The van der Waals surface area contributed by atoms with E-state index >= 15 is 0 Å². The predicted octanol–water partition coefficient (Wildman–Crippen LogP) is 18.3. The van der Waals surface area contributed by atoms with E-state index in [2.05, 4.69) is 176 Å². The van der Waals surface area contributed by atoms with Crippen LogP contribution >= 0.6 is 0 Å². The molecule has 0 amide bonds. The minimum absolute atomic E-state index is 0.851. The van der Waals surface area contributed by atoms with Crippen molar-refractivity contribution in [1.29, 1.82) is 0 Å². The van der Waals surface area contributed by atoms with Crippen LogP contribution < -0.4 is 0 Å². The van der Waals surface area contributed by atoms with Gasteiger partial charge in [0.25, 0.3) is 0 Å². The fourth-order valence-electron chi connectivity index (χ4n) is 11.0. The molecular formula is C62H34O4. The van der Waals surface area contributed by atoms with Crippen molar-refractivity contribution in [1.82, 2.24) is 0 Å². The molecule has 4 heteroatoms. The van der Waals surface area contributed by atoms with Crippen LogP contribution in [0.15, 0.2) is 224 Å². The molecule has 0 aliphatic carbocycles. The minimum atomic E-state index is 0.851. The second kappa shape index (κ2) is 13.3. The van der Waals surface area contributed by atoms with Gasteiger partial charge in [0.05, 0.1) is 0 Å². The van der Waals surface area contributed by atoms with Crippen LogP contribution in [0.5, 0.6) is 0 Å². The fraction of sp³-hybridized carbons (Fsp3) is 0. The Balaban J connectivity index is 0.988. The van der Waals surface area contributed by atoms with Crippen LogP contribution in [0.4, 0.5) is 0 Å². The second-order valence-electron chi connectivity index (χ2n) is 17.4. The van der Waals surface area contributed by atoms with Crippen molar-refractivity contribution in [2.24, 2.45) is 0 Å². The summed E-state index contributed by atoms with van der Waals surface area (Å²) >= 11 is 0. The highest BCUT2D eigenvalue weighted by Gasteiger charge is 2.25. The molecule has 0 bridgehead atoms. The maximum absolute atomic E-state index is 7.01. The Bertz CT molecular complexity index is 4480. The number of furan rings is 4. The van der Waals surface area contributed by atoms with Crippen molar-refractivity contribution in [3.63, 3.8) is 0 Å². The Morgan fingerprint density at radius 3 is 1.08 bits per heavy atom. The lowest BCUT2D eigenvalue weighted by Gasteiger charge is -2.19. The van der Waals surface area contributed by atoms with E-state index in [1.165, 1.54) is 0 Å². The molecule has 66 heavy (non-hydrogen) atoms. The molecule has 0 unspecified atom stereocenters. The summed E-state index contributed by atoms with van der Waals surface area (Å²) in [4.78, 5) is 0. The van der Waals surface area contributed by atoms with Gasteiger partial charge in [-0.2, -0.15) is 0 Å². The van der Waals surface area contributed by atoms with Gasteiger partial charge in [-0.3, -0.25) is 0 Å². The van der Waals surface area contributed by atoms with E-state index in [1.54, 1.807) is 0 Å². The quantitative estimate of drug-likeness (QED) is 0.166. The number of para-hydroxylation sites is 4. The number of fused-ring (bicyclic) bond motifs is 14. The summed E-state index contributed by atoms with van der Waals surface area (Å²) in [6.07, 6.45) is 0.